The largest absolute Gasteiger partial charge is 0.398 e. The minimum absolute atomic E-state index is 0.00340. The Balaban J connectivity index is 1.87. The molecule has 0 atom stereocenters. The molecule has 0 fully saturated rings. The molecule has 0 bridgehead atoms. The minimum Gasteiger partial charge on any atom is -0.398 e. The van der Waals surface area contributed by atoms with Crippen molar-refractivity contribution >= 4 is 17.0 Å². The molecule has 0 aliphatic carbocycles. The molecule has 2 N–H and O–H groups in total. The first-order valence-electron chi connectivity index (χ1n) is 7.01. The highest BCUT2D eigenvalue weighted by Gasteiger charge is 2.07. The third-order valence-electron chi connectivity index (χ3n) is 3.58. The fraction of sp³-hybridized carbons (Fsp3) is 0.176. The van der Waals surface area contributed by atoms with Gasteiger partial charge in [-0.1, -0.05) is 12.1 Å². The van der Waals surface area contributed by atoms with Crippen LogP contribution >= 0.6 is 11.3 Å². The summed E-state index contributed by atoms with van der Waals surface area (Å²) in [7, 11) is 0. The molecule has 0 aliphatic heterocycles. The molecule has 3 rings (SSSR count). The summed E-state index contributed by atoms with van der Waals surface area (Å²) in [5.74, 6) is 0. The molecule has 112 valence electrons. The molecular weight excluding hydrogens is 294 g/mol. The van der Waals surface area contributed by atoms with Crippen LogP contribution in [0.15, 0.2) is 46.7 Å². The van der Waals surface area contributed by atoms with E-state index in [4.69, 9.17) is 5.73 Å². The average molecular weight is 311 g/mol. The highest BCUT2D eigenvalue weighted by atomic mass is 32.1. The molecule has 0 saturated carbocycles. The Kier molecular flexibility index (Phi) is 3.81. The summed E-state index contributed by atoms with van der Waals surface area (Å²) >= 11 is 1.55. The molecule has 0 spiro atoms. The summed E-state index contributed by atoms with van der Waals surface area (Å²) in [6.45, 7) is 4.38. The third-order valence-corrected chi connectivity index (χ3v) is 4.42. The van der Waals surface area contributed by atoms with Crippen LogP contribution in [0.25, 0.3) is 11.3 Å². The van der Waals surface area contributed by atoms with Crippen LogP contribution in [0.2, 0.25) is 0 Å². The number of nitrogens with two attached hydrogens (primary N) is 1. The van der Waals surface area contributed by atoms with Crippen molar-refractivity contribution in [3.63, 3.8) is 0 Å². The van der Waals surface area contributed by atoms with Crippen LogP contribution in [0.1, 0.15) is 16.1 Å². The van der Waals surface area contributed by atoms with Crippen LogP contribution < -0.4 is 11.3 Å². The number of benzene rings is 1. The van der Waals surface area contributed by atoms with E-state index in [-0.39, 0.29) is 5.56 Å². The van der Waals surface area contributed by atoms with E-state index in [9.17, 15) is 4.79 Å². The number of anilines is 1. The summed E-state index contributed by atoms with van der Waals surface area (Å²) in [6, 6.07) is 9.51. The fourth-order valence-corrected chi connectivity index (χ4v) is 3.00. The van der Waals surface area contributed by atoms with Crippen molar-refractivity contribution in [2.24, 2.45) is 0 Å². The highest BCUT2D eigenvalue weighted by molar-refractivity contribution is 7.09. The highest BCUT2D eigenvalue weighted by Crippen LogP contribution is 2.25. The molecular formula is C17H17N3OS. The van der Waals surface area contributed by atoms with Gasteiger partial charge in [0.1, 0.15) is 5.01 Å². The second kappa shape index (κ2) is 5.77. The Morgan fingerprint density at radius 1 is 1.23 bits per heavy atom. The lowest BCUT2D eigenvalue weighted by atomic mass is 10.1. The number of aryl methyl sites for hydroxylation is 2. The maximum Gasteiger partial charge on any atom is 0.251 e. The second-order valence-electron chi connectivity index (χ2n) is 5.37. The van der Waals surface area contributed by atoms with E-state index >= 15 is 0 Å². The van der Waals surface area contributed by atoms with Gasteiger partial charge in [-0.25, -0.2) is 4.98 Å². The van der Waals surface area contributed by atoms with Gasteiger partial charge in [-0.05, 0) is 37.1 Å². The molecule has 0 radical (unpaired) electrons. The van der Waals surface area contributed by atoms with Gasteiger partial charge in [-0.3, -0.25) is 4.79 Å². The van der Waals surface area contributed by atoms with Gasteiger partial charge < -0.3 is 10.3 Å². The van der Waals surface area contributed by atoms with Gasteiger partial charge in [0.15, 0.2) is 0 Å². The third kappa shape index (κ3) is 2.94. The normalized spacial score (nSPS) is 10.8. The number of rotatable bonds is 3. The maximum atomic E-state index is 11.9. The van der Waals surface area contributed by atoms with Gasteiger partial charge in [0.25, 0.3) is 5.56 Å². The monoisotopic (exact) mass is 311 g/mol. The SMILES string of the molecule is Cc1ccn(Cc2nc(-c3ccc(C)c(N)c3)cs2)c(=O)c1. The van der Waals surface area contributed by atoms with Gasteiger partial charge in [-0.2, -0.15) is 0 Å². The number of pyridine rings is 1. The quantitative estimate of drug-likeness (QED) is 0.756. The Bertz CT molecular complexity index is 880. The van der Waals surface area contributed by atoms with Crippen LogP contribution in [-0.2, 0) is 6.54 Å². The lowest BCUT2D eigenvalue weighted by molar-refractivity contribution is 0.752. The van der Waals surface area contributed by atoms with E-state index in [1.165, 1.54) is 0 Å². The average Bonchev–Trinajstić information content (AvgIpc) is 2.93. The van der Waals surface area contributed by atoms with Gasteiger partial charge in [0, 0.05) is 28.9 Å². The summed E-state index contributed by atoms with van der Waals surface area (Å²) in [6.07, 6.45) is 1.81. The lowest BCUT2D eigenvalue weighted by Crippen LogP contribution is -2.19. The predicted octanol–water partition coefficient (Wildman–Crippen LogP) is 3.22. The number of nitrogens with zero attached hydrogens (tertiary/aromatic N) is 2. The van der Waals surface area contributed by atoms with Crippen molar-refractivity contribution < 1.29 is 0 Å². The van der Waals surface area contributed by atoms with Crippen LogP contribution in [-0.4, -0.2) is 9.55 Å². The van der Waals surface area contributed by atoms with E-state index in [2.05, 4.69) is 4.98 Å². The van der Waals surface area contributed by atoms with Crippen LogP contribution in [0, 0.1) is 13.8 Å². The summed E-state index contributed by atoms with van der Waals surface area (Å²) in [5, 5.41) is 2.90. The Morgan fingerprint density at radius 2 is 2.05 bits per heavy atom. The van der Waals surface area contributed by atoms with Crippen LogP contribution in [0.3, 0.4) is 0 Å². The first kappa shape index (κ1) is 14.5. The van der Waals surface area contributed by atoms with Gasteiger partial charge >= 0.3 is 0 Å². The zero-order valence-corrected chi connectivity index (χ0v) is 13.4. The van der Waals surface area contributed by atoms with Crippen LogP contribution in [0.4, 0.5) is 5.69 Å². The molecule has 22 heavy (non-hydrogen) atoms. The lowest BCUT2D eigenvalue weighted by Gasteiger charge is -2.03. The Morgan fingerprint density at radius 3 is 2.77 bits per heavy atom. The molecule has 2 aromatic heterocycles. The molecule has 0 amide bonds. The second-order valence-corrected chi connectivity index (χ2v) is 6.31. The van der Waals surface area contributed by atoms with E-state index in [0.29, 0.717) is 6.54 Å². The number of thiazole rings is 1. The molecule has 5 heteroatoms. The number of hydrogen-bond donors (Lipinski definition) is 1. The molecule has 4 nitrogen and oxygen atoms in total. The fourth-order valence-electron chi connectivity index (χ4n) is 2.20. The minimum atomic E-state index is -0.00340. The van der Waals surface area contributed by atoms with Crippen molar-refractivity contribution in [3.05, 3.63) is 68.4 Å². The van der Waals surface area contributed by atoms with E-state index in [1.54, 1.807) is 22.0 Å². The number of nitrogen functional groups attached to an aromatic ring is 1. The molecule has 0 saturated heterocycles. The zero-order valence-electron chi connectivity index (χ0n) is 12.5. The first-order chi connectivity index (χ1) is 10.5. The molecule has 3 aromatic rings. The van der Waals surface area contributed by atoms with Crippen molar-refractivity contribution in [3.8, 4) is 11.3 Å². The topological polar surface area (TPSA) is 60.9 Å². The van der Waals surface area contributed by atoms with E-state index in [0.717, 1.165) is 33.1 Å². The first-order valence-corrected chi connectivity index (χ1v) is 7.89. The Hall–Kier alpha value is -2.40. The molecule has 0 aliphatic rings. The Labute approximate surface area is 132 Å². The van der Waals surface area contributed by atoms with E-state index < -0.39 is 0 Å². The van der Waals surface area contributed by atoms with Crippen molar-refractivity contribution in [1.29, 1.82) is 0 Å². The molecule has 0 unspecified atom stereocenters. The van der Waals surface area contributed by atoms with Crippen molar-refractivity contribution in [2.45, 2.75) is 20.4 Å². The van der Waals surface area contributed by atoms with Gasteiger partial charge in [0.2, 0.25) is 0 Å². The van der Waals surface area contributed by atoms with Crippen molar-refractivity contribution in [1.82, 2.24) is 9.55 Å². The molecule has 1 aromatic carbocycles. The molecule has 2 heterocycles. The van der Waals surface area contributed by atoms with Gasteiger partial charge in [-0.15, -0.1) is 11.3 Å². The number of hydrogen-bond acceptors (Lipinski definition) is 4. The van der Waals surface area contributed by atoms with Crippen molar-refractivity contribution in [2.75, 3.05) is 5.73 Å². The van der Waals surface area contributed by atoms with Gasteiger partial charge in [0.05, 0.1) is 12.2 Å². The predicted molar refractivity (Wildman–Crippen MR) is 91.2 cm³/mol. The summed E-state index contributed by atoms with van der Waals surface area (Å²) in [4.78, 5) is 16.5. The zero-order chi connectivity index (χ0) is 15.7. The maximum absolute atomic E-state index is 11.9. The smallest absolute Gasteiger partial charge is 0.251 e. The summed E-state index contributed by atoms with van der Waals surface area (Å²) in [5.41, 5.74) is 10.6. The summed E-state index contributed by atoms with van der Waals surface area (Å²) < 4.78 is 1.67. The van der Waals surface area contributed by atoms with Crippen LogP contribution in [0.5, 0.6) is 0 Å². The number of aromatic nitrogens is 2. The standard InChI is InChI=1S/C17H17N3OS/c1-11-5-6-20(17(21)7-11)9-16-19-15(10-22-16)13-4-3-12(2)14(18)8-13/h3-8,10H,9,18H2,1-2H3. The van der Waals surface area contributed by atoms with E-state index in [1.807, 2.05) is 49.7 Å².